The Morgan fingerprint density at radius 3 is 0.761 bits per heavy atom. The van der Waals surface area contributed by atoms with Crippen LogP contribution in [0.4, 0.5) is 0 Å². The monoisotopic (exact) mass is 1080 g/mol. The average molecular weight is 1080 g/mol. The zero-order chi connectivity index (χ0) is 52.2. The van der Waals surface area contributed by atoms with E-state index in [0.717, 1.165) is 62.2 Å². The van der Waals surface area contributed by atoms with E-state index in [1.165, 1.54) is 22.3 Å². The third-order valence-corrected chi connectivity index (χ3v) is 28.0. The summed E-state index contributed by atoms with van der Waals surface area (Å²) in [5.41, 5.74) is 4.51. The summed E-state index contributed by atoms with van der Waals surface area (Å²) in [5, 5.41) is 0. The number of hydrogen-bond donors (Lipinski definition) is 0. The molecule has 0 spiro atoms. The molecule has 12 bridgehead atoms. The van der Waals surface area contributed by atoms with Crippen molar-refractivity contribution < 1.29 is 31.9 Å². The molecule has 0 atom stereocenters. The third-order valence-electron chi connectivity index (χ3n) is 13.8. The number of benzene rings is 4. The minimum atomic E-state index is -3.27. The molecule has 3 aliphatic rings. The van der Waals surface area contributed by atoms with Gasteiger partial charge in [0.1, 0.15) is 36.2 Å². The summed E-state index contributed by atoms with van der Waals surface area (Å²) in [7, 11) is -6.53. The topological polar surface area (TPSA) is 64.6 Å². The molecule has 0 radical (unpaired) electrons. The minimum absolute atomic E-state index is 0.0890. The van der Waals surface area contributed by atoms with E-state index in [0.29, 0.717) is 39.6 Å². The smallest absolute Gasteiger partial charge is 0.396 e. The van der Waals surface area contributed by atoms with Crippen molar-refractivity contribution in [3.05, 3.63) is 70.8 Å². The predicted octanol–water partition coefficient (Wildman–Crippen LogP) is 17.9. The zero-order valence-electron chi connectivity index (χ0n) is 46.7. The molecule has 0 saturated heterocycles. The van der Waals surface area contributed by atoms with Crippen molar-refractivity contribution >= 4 is 64.2 Å². The standard InChI is InChI=1S/C58H84O7S4Si2/c1-35(2)70(36(3)4)63-53-47-31-41(57(15,16)17)33-49(53)69-50-34-42(58(18,19)20)32-48(54(50)64-71(65-70,37(5)6)38(7)8)68-46-30-40(56(12,13)14)28-44-52(46)62-26-24-60-22-21-59-23-25-61-51-43(66-44)27-39(55(9,10)11)29-45(51)67-47/h27-38H,21-26H2,1-20H3. The Morgan fingerprint density at radius 2 is 0.549 bits per heavy atom. The van der Waals surface area contributed by atoms with Gasteiger partial charge >= 0.3 is 17.1 Å². The van der Waals surface area contributed by atoms with Crippen molar-refractivity contribution in [2.75, 3.05) is 39.6 Å². The number of hydrogen-bond acceptors (Lipinski definition) is 11. The van der Waals surface area contributed by atoms with Gasteiger partial charge in [-0.25, -0.2) is 0 Å². The molecule has 4 aromatic rings. The van der Waals surface area contributed by atoms with E-state index in [1.807, 2.05) is 0 Å². The van der Waals surface area contributed by atoms with Crippen LogP contribution in [0.5, 0.6) is 23.0 Å². The van der Waals surface area contributed by atoms with Crippen LogP contribution in [-0.4, -0.2) is 56.8 Å². The minimum Gasteiger partial charge on any atom is -0.518 e. The van der Waals surface area contributed by atoms with Crippen molar-refractivity contribution in [3.63, 3.8) is 0 Å². The fourth-order valence-corrected chi connectivity index (χ4v) is 25.0. The van der Waals surface area contributed by atoms with Crippen LogP contribution in [-0.2, 0) is 35.2 Å². The quantitative estimate of drug-likeness (QED) is 0.162. The lowest BCUT2D eigenvalue weighted by atomic mass is 9.87. The van der Waals surface area contributed by atoms with Gasteiger partial charge in [0.05, 0.1) is 65.6 Å². The highest BCUT2D eigenvalue weighted by molar-refractivity contribution is 8.01. The van der Waals surface area contributed by atoms with Crippen LogP contribution in [0.15, 0.2) is 87.7 Å². The first-order valence-electron chi connectivity index (χ1n) is 25.9. The normalized spacial score (nSPS) is 18.0. The predicted molar refractivity (Wildman–Crippen MR) is 304 cm³/mol. The highest BCUT2D eigenvalue weighted by Gasteiger charge is 2.60. The molecule has 0 aromatic heterocycles. The summed E-state index contributed by atoms with van der Waals surface area (Å²) in [6, 6.07) is 19.0. The van der Waals surface area contributed by atoms with Gasteiger partial charge in [0.2, 0.25) is 0 Å². The van der Waals surface area contributed by atoms with Crippen LogP contribution in [0, 0.1) is 0 Å². The highest BCUT2D eigenvalue weighted by Crippen LogP contribution is 2.59. The second kappa shape index (κ2) is 21.4. The van der Waals surface area contributed by atoms with E-state index in [4.69, 9.17) is 31.9 Å². The van der Waals surface area contributed by atoms with Crippen LogP contribution in [0.2, 0.25) is 22.2 Å². The van der Waals surface area contributed by atoms with Crippen LogP contribution in [0.25, 0.3) is 0 Å². The van der Waals surface area contributed by atoms with Gasteiger partial charge in [0.25, 0.3) is 0 Å². The molecule has 0 unspecified atom stereocenters. The Hall–Kier alpha value is -2.21. The first-order valence-corrected chi connectivity index (χ1v) is 33.1. The number of rotatable bonds is 4. The second-order valence-electron chi connectivity index (χ2n) is 24.9. The molecule has 71 heavy (non-hydrogen) atoms. The Kier molecular flexibility index (Phi) is 17.1. The van der Waals surface area contributed by atoms with E-state index >= 15 is 0 Å². The van der Waals surface area contributed by atoms with Crippen LogP contribution >= 0.6 is 47.0 Å². The Balaban J connectivity index is 1.74. The summed E-state index contributed by atoms with van der Waals surface area (Å²) >= 11 is 7.03. The van der Waals surface area contributed by atoms with Gasteiger partial charge in [-0.05, 0) is 92.4 Å². The third kappa shape index (κ3) is 12.2. The highest BCUT2D eigenvalue weighted by atomic mass is 32.2. The van der Waals surface area contributed by atoms with Crippen molar-refractivity contribution in [2.24, 2.45) is 0 Å². The summed E-state index contributed by atoms with van der Waals surface area (Å²) in [6.45, 7) is 48.7. The molecule has 7 rings (SSSR count). The van der Waals surface area contributed by atoms with E-state index in [9.17, 15) is 0 Å². The molecule has 0 fully saturated rings. The molecule has 3 heterocycles. The fraction of sp³-hybridized carbons (Fsp3) is 0.586. The second-order valence-corrected chi connectivity index (χ2v) is 38.0. The molecular weight excluding hydrogens is 993 g/mol. The van der Waals surface area contributed by atoms with Crippen LogP contribution in [0.3, 0.4) is 0 Å². The van der Waals surface area contributed by atoms with E-state index in [2.05, 4.69) is 187 Å². The van der Waals surface area contributed by atoms with Gasteiger partial charge < -0.3 is 31.9 Å². The SMILES string of the molecule is CC(C)[Si]1(C(C)C)Oc2c3cc(C(C)(C)C)cc2Sc2cc(C(C)(C)C)cc(c2O[Si](C(C)C)(C(C)C)O1)Sc1cc(C(C)(C)C)cc2c1OCCOCCOCCOc1c(cc(C(C)(C)C)cc1S3)S2. The maximum absolute atomic E-state index is 8.23. The molecule has 4 aromatic carbocycles. The lowest BCUT2D eigenvalue weighted by Crippen LogP contribution is -2.64. The molecule has 0 saturated carbocycles. The molecule has 13 heteroatoms. The summed E-state index contributed by atoms with van der Waals surface area (Å²) < 4.78 is 50.8. The first kappa shape index (κ1) is 56.5. The van der Waals surface area contributed by atoms with Gasteiger partial charge in [-0.15, -0.1) is 0 Å². The Labute approximate surface area is 448 Å². The molecule has 0 amide bonds. The molecule has 390 valence electrons. The molecule has 0 aliphatic carbocycles. The maximum Gasteiger partial charge on any atom is 0.396 e. The van der Waals surface area contributed by atoms with Gasteiger partial charge in [0, 0.05) is 22.2 Å². The molecule has 7 nitrogen and oxygen atoms in total. The van der Waals surface area contributed by atoms with Gasteiger partial charge in [0.15, 0.2) is 0 Å². The van der Waals surface area contributed by atoms with Crippen LogP contribution < -0.4 is 18.3 Å². The van der Waals surface area contributed by atoms with Gasteiger partial charge in [-0.2, -0.15) is 0 Å². The first-order chi connectivity index (χ1) is 32.9. The Morgan fingerprint density at radius 1 is 0.338 bits per heavy atom. The van der Waals surface area contributed by atoms with Crippen molar-refractivity contribution in [2.45, 2.75) is 221 Å². The summed E-state index contributed by atoms with van der Waals surface area (Å²) in [6.07, 6.45) is 0. The van der Waals surface area contributed by atoms with Crippen molar-refractivity contribution in [1.82, 2.24) is 0 Å². The summed E-state index contributed by atoms with van der Waals surface area (Å²) in [4.78, 5) is 8.31. The fourth-order valence-electron chi connectivity index (χ4n) is 9.22. The van der Waals surface area contributed by atoms with Crippen molar-refractivity contribution in [3.8, 4) is 23.0 Å². The molecular formula is C58H84O7S4Si2. The number of ether oxygens (including phenoxy) is 4. The zero-order valence-corrected chi connectivity index (χ0v) is 51.9. The van der Waals surface area contributed by atoms with E-state index in [1.54, 1.807) is 47.0 Å². The summed E-state index contributed by atoms with van der Waals surface area (Å²) in [5.74, 6) is 3.42. The van der Waals surface area contributed by atoms with Crippen molar-refractivity contribution in [1.29, 1.82) is 0 Å². The largest absolute Gasteiger partial charge is 0.518 e. The molecule has 3 aliphatic heterocycles. The lowest BCUT2D eigenvalue weighted by molar-refractivity contribution is 0.0264. The average Bonchev–Trinajstić information content (AvgIpc) is 3.24. The van der Waals surface area contributed by atoms with E-state index < -0.39 is 17.1 Å². The molecule has 0 N–H and O–H groups in total. The maximum atomic E-state index is 8.23. The van der Waals surface area contributed by atoms with Gasteiger partial charge in [-0.1, -0.05) is 186 Å². The van der Waals surface area contributed by atoms with E-state index in [-0.39, 0.29) is 43.8 Å². The van der Waals surface area contributed by atoms with Gasteiger partial charge in [-0.3, -0.25) is 0 Å². The van der Waals surface area contributed by atoms with Crippen LogP contribution in [0.1, 0.15) is 161 Å². The Bertz CT molecular complexity index is 2380. The lowest BCUT2D eigenvalue weighted by Gasteiger charge is -2.48.